The maximum absolute atomic E-state index is 12.6. The normalized spacial score (nSPS) is 19.0. The van der Waals surface area contributed by atoms with Crippen molar-refractivity contribution < 1.29 is 9.59 Å². The summed E-state index contributed by atoms with van der Waals surface area (Å²) in [5.74, 6) is -0.0906. The second-order valence-electron chi connectivity index (χ2n) is 5.63. The third-order valence-corrected chi connectivity index (χ3v) is 4.53. The molecule has 22 heavy (non-hydrogen) atoms. The fraction of sp³-hybridized carbons (Fsp3) is 0.500. The molecule has 5 nitrogen and oxygen atoms in total. The highest BCUT2D eigenvalue weighted by Gasteiger charge is 2.29. The van der Waals surface area contributed by atoms with Crippen LogP contribution < -0.4 is 11.1 Å². The maximum Gasteiger partial charge on any atom is 0.225 e. The van der Waals surface area contributed by atoms with Crippen LogP contribution in [0.4, 0.5) is 0 Å². The molecule has 0 saturated carbocycles. The van der Waals surface area contributed by atoms with Gasteiger partial charge in [-0.25, -0.2) is 0 Å². The van der Waals surface area contributed by atoms with E-state index in [9.17, 15) is 9.59 Å². The lowest BCUT2D eigenvalue weighted by Gasteiger charge is -2.26. The number of hydrogen-bond acceptors (Lipinski definition) is 3. The van der Waals surface area contributed by atoms with Crippen molar-refractivity contribution in [2.75, 3.05) is 13.1 Å². The lowest BCUT2D eigenvalue weighted by Crippen LogP contribution is -2.41. The van der Waals surface area contributed by atoms with Crippen LogP contribution in [0.2, 0.25) is 0 Å². The van der Waals surface area contributed by atoms with Crippen LogP contribution in [0.3, 0.4) is 0 Å². The summed E-state index contributed by atoms with van der Waals surface area (Å²) in [5.41, 5.74) is 6.66. The SMILES string of the molecule is CC(=O)NC(CC(=O)N1CCCC1CN)c1ccc(Br)cc1. The topological polar surface area (TPSA) is 75.4 Å². The van der Waals surface area contributed by atoms with Gasteiger partial charge in [0.05, 0.1) is 12.5 Å². The van der Waals surface area contributed by atoms with E-state index in [-0.39, 0.29) is 30.3 Å². The Morgan fingerprint density at radius 3 is 2.68 bits per heavy atom. The van der Waals surface area contributed by atoms with Crippen molar-refractivity contribution >= 4 is 27.7 Å². The molecule has 6 heteroatoms. The molecule has 1 aliphatic rings. The van der Waals surface area contributed by atoms with Gasteiger partial charge in [0.15, 0.2) is 0 Å². The lowest BCUT2D eigenvalue weighted by atomic mass is 10.0. The molecule has 2 unspecified atom stereocenters. The Hall–Kier alpha value is -1.40. The molecule has 1 aromatic carbocycles. The summed E-state index contributed by atoms with van der Waals surface area (Å²) in [6, 6.07) is 7.48. The van der Waals surface area contributed by atoms with E-state index in [1.165, 1.54) is 6.92 Å². The van der Waals surface area contributed by atoms with Crippen LogP contribution in [0.1, 0.15) is 37.8 Å². The van der Waals surface area contributed by atoms with E-state index in [0.717, 1.165) is 29.4 Å². The Kier molecular flexibility index (Phi) is 5.97. The van der Waals surface area contributed by atoms with E-state index in [1.807, 2.05) is 29.2 Å². The maximum atomic E-state index is 12.6. The molecule has 2 rings (SSSR count). The standard InChI is InChI=1S/C16H22BrN3O2/c1-11(21)19-15(12-4-6-13(17)7-5-12)9-16(22)20-8-2-3-14(20)10-18/h4-7,14-15H,2-3,8-10,18H2,1H3,(H,19,21). The summed E-state index contributed by atoms with van der Waals surface area (Å²) in [6.07, 6.45) is 2.22. The van der Waals surface area contributed by atoms with Crippen molar-refractivity contribution in [2.45, 2.75) is 38.3 Å². The van der Waals surface area contributed by atoms with E-state index in [4.69, 9.17) is 5.73 Å². The first-order valence-electron chi connectivity index (χ1n) is 7.53. The van der Waals surface area contributed by atoms with Gasteiger partial charge in [0.25, 0.3) is 0 Å². The molecule has 1 aromatic rings. The number of carbonyl (C=O) groups is 2. The molecule has 1 aliphatic heterocycles. The average Bonchev–Trinajstić information content (AvgIpc) is 2.95. The molecular weight excluding hydrogens is 346 g/mol. The number of amides is 2. The first-order valence-corrected chi connectivity index (χ1v) is 8.32. The predicted octanol–water partition coefficient (Wildman–Crippen LogP) is 1.97. The molecule has 2 amide bonds. The molecule has 0 radical (unpaired) electrons. The van der Waals surface area contributed by atoms with Gasteiger partial charge in [-0.1, -0.05) is 28.1 Å². The van der Waals surface area contributed by atoms with Gasteiger partial charge < -0.3 is 16.0 Å². The number of rotatable bonds is 5. The van der Waals surface area contributed by atoms with Crippen LogP contribution in [0.5, 0.6) is 0 Å². The quantitative estimate of drug-likeness (QED) is 0.835. The first kappa shape index (κ1) is 17.0. The van der Waals surface area contributed by atoms with Crippen LogP contribution >= 0.6 is 15.9 Å². The van der Waals surface area contributed by atoms with Crippen molar-refractivity contribution in [3.63, 3.8) is 0 Å². The highest BCUT2D eigenvalue weighted by Crippen LogP contribution is 2.23. The van der Waals surface area contributed by atoms with Crippen LogP contribution in [-0.2, 0) is 9.59 Å². The van der Waals surface area contributed by atoms with Gasteiger partial charge in [0, 0.05) is 30.5 Å². The number of nitrogens with one attached hydrogen (secondary N) is 1. The number of benzene rings is 1. The summed E-state index contributed by atoms with van der Waals surface area (Å²) >= 11 is 3.39. The number of hydrogen-bond donors (Lipinski definition) is 2. The zero-order valence-electron chi connectivity index (χ0n) is 12.7. The van der Waals surface area contributed by atoms with Gasteiger partial charge in [-0.05, 0) is 30.5 Å². The number of likely N-dealkylation sites (tertiary alicyclic amines) is 1. The minimum atomic E-state index is -0.308. The third kappa shape index (κ3) is 4.30. The molecular formula is C16H22BrN3O2. The number of carbonyl (C=O) groups excluding carboxylic acids is 2. The van der Waals surface area contributed by atoms with Gasteiger partial charge in [0.1, 0.15) is 0 Å². The summed E-state index contributed by atoms with van der Waals surface area (Å²) in [6.45, 7) is 2.72. The van der Waals surface area contributed by atoms with E-state index in [0.29, 0.717) is 6.54 Å². The molecule has 0 bridgehead atoms. The van der Waals surface area contributed by atoms with Crippen molar-refractivity contribution in [2.24, 2.45) is 5.73 Å². The zero-order valence-corrected chi connectivity index (χ0v) is 14.3. The number of nitrogens with zero attached hydrogens (tertiary/aromatic N) is 1. The lowest BCUT2D eigenvalue weighted by molar-refractivity contribution is -0.132. The first-order chi connectivity index (χ1) is 10.5. The van der Waals surface area contributed by atoms with Crippen molar-refractivity contribution in [3.05, 3.63) is 34.3 Å². The monoisotopic (exact) mass is 367 g/mol. The minimum absolute atomic E-state index is 0.0506. The summed E-state index contributed by atoms with van der Waals surface area (Å²) < 4.78 is 0.965. The van der Waals surface area contributed by atoms with E-state index in [1.54, 1.807) is 0 Å². The molecule has 1 fully saturated rings. The zero-order chi connectivity index (χ0) is 16.1. The van der Waals surface area contributed by atoms with Gasteiger partial charge in [-0.3, -0.25) is 9.59 Å². The molecule has 120 valence electrons. The molecule has 0 aromatic heterocycles. The van der Waals surface area contributed by atoms with Crippen molar-refractivity contribution in [3.8, 4) is 0 Å². The summed E-state index contributed by atoms with van der Waals surface area (Å²) in [7, 11) is 0. The van der Waals surface area contributed by atoms with E-state index in [2.05, 4.69) is 21.2 Å². The minimum Gasteiger partial charge on any atom is -0.349 e. The predicted molar refractivity (Wildman–Crippen MR) is 89.1 cm³/mol. The van der Waals surface area contributed by atoms with Crippen LogP contribution in [0.15, 0.2) is 28.7 Å². The largest absolute Gasteiger partial charge is 0.349 e. The second kappa shape index (κ2) is 7.74. The van der Waals surface area contributed by atoms with Crippen molar-refractivity contribution in [1.29, 1.82) is 0 Å². The highest BCUT2D eigenvalue weighted by atomic mass is 79.9. The van der Waals surface area contributed by atoms with Crippen LogP contribution in [-0.4, -0.2) is 35.8 Å². The highest BCUT2D eigenvalue weighted by molar-refractivity contribution is 9.10. The molecule has 0 aliphatic carbocycles. The van der Waals surface area contributed by atoms with Gasteiger partial charge in [-0.15, -0.1) is 0 Å². The number of nitrogens with two attached hydrogens (primary N) is 1. The smallest absolute Gasteiger partial charge is 0.225 e. The number of halogens is 1. The third-order valence-electron chi connectivity index (χ3n) is 4.00. The average molecular weight is 368 g/mol. The van der Waals surface area contributed by atoms with Crippen molar-refractivity contribution in [1.82, 2.24) is 10.2 Å². The Morgan fingerprint density at radius 2 is 2.09 bits per heavy atom. The van der Waals surface area contributed by atoms with Gasteiger partial charge in [-0.2, -0.15) is 0 Å². The fourth-order valence-electron chi connectivity index (χ4n) is 2.89. The van der Waals surface area contributed by atoms with E-state index < -0.39 is 0 Å². The second-order valence-corrected chi connectivity index (χ2v) is 6.54. The molecule has 3 N–H and O–H groups in total. The van der Waals surface area contributed by atoms with Gasteiger partial charge >= 0.3 is 0 Å². The molecule has 0 spiro atoms. The summed E-state index contributed by atoms with van der Waals surface area (Å²) in [5, 5.41) is 2.87. The molecule has 2 atom stereocenters. The Morgan fingerprint density at radius 1 is 1.41 bits per heavy atom. The van der Waals surface area contributed by atoms with Crippen LogP contribution in [0, 0.1) is 0 Å². The fourth-order valence-corrected chi connectivity index (χ4v) is 3.16. The molecule has 1 heterocycles. The Balaban J connectivity index is 2.10. The molecule has 1 saturated heterocycles. The van der Waals surface area contributed by atoms with Gasteiger partial charge in [0.2, 0.25) is 11.8 Å². The Labute approximate surface area is 139 Å². The summed E-state index contributed by atoms with van der Waals surface area (Å²) in [4.78, 5) is 25.9. The van der Waals surface area contributed by atoms with Crippen LogP contribution in [0.25, 0.3) is 0 Å². The Bertz CT molecular complexity index is 533. The van der Waals surface area contributed by atoms with E-state index >= 15 is 0 Å².